The first-order valence-corrected chi connectivity index (χ1v) is 7.22. The number of halogens is 1. The Hall–Kier alpha value is -0.570. The summed E-state index contributed by atoms with van der Waals surface area (Å²) >= 11 is 3.53. The number of nitrogens with zero attached hydrogens (tertiary/aromatic N) is 2. The maximum atomic E-state index is 4.52. The number of hydrogen-bond donors (Lipinski definition) is 0. The van der Waals surface area contributed by atoms with Crippen LogP contribution in [-0.2, 0) is 5.33 Å². The summed E-state index contributed by atoms with van der Waals surface area (Å²) in [6, 6.07) is 4.17. The number of anilines is 1. The maximum absolute atomic E-state index is 4.52. The summed E-state index contributed by atoms with van der Waals surface area (Å²) in [4.78, 5) is 6.96. The van der Waals surface area contributed by atoms with Gasteiger partial charge in [0.15, 0.2) is 0 Å². The molecule has 2 heterocycles. The van der Waals surface area contributed by atoms with Gasteiger partial charge in [0.05, 0.1) is 0 Å². The third kappa shape index (κ3) is 2.57. The van der Waals surface area contributed by atoms with E-state index < -0.39 is 0 Å². The van der Waals surface area contributed by atoms with Crippen LogP contribution in [0.4, 0.5) is 5.82 Å². The first-order chi connectivity index (χ1) is 7.85. The minimum atomic E-state index is 0.871. The summed E-state index contributed by atoms with van der Waals surface area (Å²) in [5.74, 6) is 2.05. The fraction of sp³-hybridized carbons (Fsp3) is 0.615. The van der Waals surface area contributed by atoms with E-state index in [4.69, 9.17) is 0 Å². The van der Waals surface area contributed by atoms with Gasteiger partial charge in [-0.25, -0.2) is 4.98 Å². The van der Waals surface area contributed by atoms with Gasteiger partial charge in [-0.05, 0) is 24.8 Å². The molecule has 88 valence electrons. The van der Waals surface area contributed by atoms with Crippen LogP contribution in [0.25, 0.3) is 0 Å². The molecule has 1 aliphatic heterocycles. The van der Waals surface area contributed by atoms with Crippen molar-refractivity contribution in [2.24, 2.45) is 5.92 Å². The number of hydrogen-bond acceptors (Lipinski definition) is 2. The molecule has 1 aromatic rings. The molecule has 1 saturated heterocycles. The lowest BCUT2D eigenvalue weighted by atomic mass is 10.0. The first-order valence-electron chi connectivity index (χ1n) is 6.10. The number of pyridine rings is 1. The molecule has 3 heteroatoms. The second kappa shape index (κ2) is 5.67. The summed E-state index contributed by atoms with van der Waals surface area (Å²) < 4.78 is 0. The van der Waals surface area contributed by atoms with E-state index in [0.717, 1.165) is 11.2 Å². The molecule has 16 heavy (non-hydrogen) atoms. The van der Waals surface area contributed by atoms with Gasteiger partial charge in [0, 0.05) is 30.2 Å². The Morgan fingerprint density at radius 2 is 2.44 bits per heavy atom. The van der Waals surface area contributed by atoms with E-state index in [1.165, 1.54) is 43.7 Å². The normalized spacial score (nSPS) is 20.4. The number of alkyl halides is 1. The first kappa shape index (κ1) is 11.9. The zero-order chi connectivity index (χ0) is 11.4. The molecule has 2 rings (SSSR count). The van der Waals surface area contributed by atoms with E-state index in [-0.39, 0.29) is 0 Å². The van der Waals surface area contributed by atoms with Crippen molar-refractivity contribution in [3.05, 3.63) is 23.9 Å². The van der Waals surface area contributed by atoms with Crippen LogP contribution in [-0.4, -0.2) is 18.1 Å². The van der Waals surface area contributed by atoms with Gasteiger partial charge >= 0.3 is 0 Å². The average molecular weight is 283 g/mol. The van der Waals surface area contributed by atoms with Crippen LogP contribution in [0.3, 0.4) is 0 Å². The smallest absolute Gasteiger partial charge is 0.132 e. The lowest BCUT2D eigenvalue weighted by Crippen LogP contribution is -2.22. The standard InChI is InChI=1S/C13H19BrN2/c1-2-4-11-6-8-16(10-11)13-12(9-14)5-3-7-15-13/h3,5,7,11H,2,4,6,8-10H2,1H3. The van der Waals surface area contributed by atoms with Gasteiger partial charge in [0.2, 0.25) is 0 Å². The van der Waals surface area contributed by atoms with Crippen molar-refractivity contribution < 1.29 is 0 Å². The van der Waals surface area contributed by atoms with Crippen molar-refractivity contribution in [1.29, 1.82) is 0 Å². The quantitative estimate of drug-likeness (QED) is 0.785. The molecule has 0 radical (unpaired) electrons. The molecule has 0 amide bonds. The number of rotatable bonds is 4. The van der Waals surface area contributed by atoms with Crippen LogP contribution in [0.15, 0.2) is 18.3 Å². The van der Waals surface area contributed by atoms with E-state index >= 15 is 0 Å². The maximum Gasteiger partial charge on any atom is 0.132 e. The monoisotopic (exact) mass is 282 g/mol. The largest absolute Gasteiger partial charge is 0.356 e. The van der Waals surface area contributed by atoms with E-state index in [9.17, 15) is 0 Å². The fourth-order valence-corrected chi connectivity index (χ4v) is 2.93. The van der Waals surface area contributed by atoms with Crippen molar-refractivity contribution in [3.63, 3.8) is 0 Å². The molecule has 1 aliphatic rings. The van der Waals surface area contributed by atoms with Gasteiger partial charge in [-0.1, -0.05) is 35.3 Å². The Morgan fingerprint density at radius 3 is 3.19 bits per heavy atom. The molecular formula is C13H19BrN2. The summed E-state index contributed by atoms with van der Waals surface area (Å²) in [6.07, 6.45) is 5.87. The van der Waals surface area contributed by atoms with Crippen molar-refractivity contribution in [2.45, 2.75) is 31.5 Å². The topological polar surface area (TPSA) is 16.1 Å². The summed E-state index contributed by atoms with van der Waals surface area (Å²) in [5, 5.41) is 0.894. The van der Waals surface area contributed by atoms with Gasteiger partial charge < -0.3 is 4.90 Å². The van der Waals surface area contributed by atoms with Crippen molar-refractivity contribution >= 4 is 21.7 Å². The molecule has 0 spiro atoms. The Kier molecular flexibility index (Phi) is 4.22. The van der Waals surface area contributed by atoms with Crippen molar-refractivity contribution in [1.82, 2.24) is 4.98 Å². The molecule has 0 saturated carbocycles. The SMILES string of the molecule is CCCC1CCN(c2ncccc2CBr)C1. The predicted molar refractivity (Wildman–Crippen MR) is 72.1 cm³/mol. The van der Waals surface area contributed by atoms with Gasteiger partial charge in [-0.2, -0.15) is 0 Å². The van der Waals surface area contributed by atoms with E-state index in [0.29, 0.717) is 0 Å². The summed E-state index contributed by atoms with van der Waals surface area (Å²) in [5.41, 5.74) is 1.31. The van der Waals surface area contributed by atoms with Crippen LogP contribution >= 0.6 is 15.9 Å². The molecule has 1 unspecified atom stereocenters. The molecule has 2 nitrogen and oxygen atoms in total. The van der Waals surface area contributed by atoms with Crippen LogP contribution in [0.1, 0.15) is 31.7 Å². The second-order valence-corrected chi connectivity index (χ2v) is 5.07. The van der Waals surface area contributed by atoms with Gasteiger partial charge in [-0.3, -0.25) is 0 Å². The minimum Gasteiger partial charge on any atom is -0.356 e. The van der Waals surface area contributed by atoms with Crippen LogP contribution in [0.5, 0.6) is 0 Å². The highest BCUT2D eigenvalue weighted by Gasteiger charge is 2.23. The summed E-state index contributed by atoms with van der Waals surface area (Å²) in [7, 11) is 0. The Balaban J connectivity index is 2.08. The lowest BCUT2D eigenvalue weighted by molar-refractivity contribution is 0.529. The molecule has 0 N–H and O–H groups in total. The Bertz CT molecular complexity index is 340. The highest BCUT2D eigenvalue weighted by Crippen LogP contribution is 2.28. The molecule has 0 bridgehead atoms. The molecule has 1 fully saturated rings. The second-order valence-electron chi connectivity index (χ2n) is 4.51. The molecule has 1 atom stereocenters. The van der Waals surface area contributed by atoms with E-state index in [1.54, 1.807) is 0 Å². The lowest BCUT2D eigenvalue weighted by Gasteiger charge is -2.19. The molecule has 0 aliphatic carbocycles. The zero-order valence-electron chi connectivity index (χ0n) is 9.82. The highest BCUT2D eigenvalue weighted by molar-refractivity contribution is 9.08. The van der Waals surface area contributed by atoms with Crippen molar-refractivity contribution in [3.8, 4) is 0 Å². The molecule has 1 aromatic heterocycles. The predicted octanol–water partition coefficient (Wildman–Crippen LogP) is 3.60. The molecule has 0 aromatic carbocycles. The number of aromatic nitrogens is 1. The van der Waals surface area contributed by atoms with Crippen LogP contribution in [0.2, 0.25) is 0 Å². The Morgan fingerprint density at radius 1 is 1.56 bits per heavy atom. The average Bonchev–Trinajstić information content (AvgIpc) is 2.78. The molecular weight excluding hydrogens is 264 g/mol. The zero-order valence-corrected chi connectivity index (χ0v) is 11.4. The highest BCUT2D eigenvalue weighted by atomic mass is 79.9. The third-order valence-corrected chi connectivity index (χ3v) is 3.90. The van der Waals surface area contributed by atoms with Gasteiger partial charge in [-0.15, -0.1) is 0 Å². The Labute approximate surface area is 106 Å². The minimum absolute atomic E-state index is 0.871. The van der Waals surface area contributed by atoms with E-state index in [2.05, 4.69) is 38.8 Å². The third-order valence-electron chi connectivity index (χ3n) is 3.29. The van der Waals surface area contributed by atoms with Crippen LogP contribution in [0, 0.1) is 5.92 Å². The fourth-order valence-electron chi connectivity index (χ4n) is 2.49. The van der Waals surface area contributed by atoms with Crippen LogP contribution < -0.4 is 4.90 Å². The van der Waals surface area contributed by atoms with Gasteiger partial charge in [0.25, 0.3) is 0 Å². The van der Waals surface area contributed by atoms with Crippen molar-refractivity contribution in [2.75, 3.05) is 18.0 Å². The van der Waals surface area contributed by atoms with E-state index in [1.807, 2.05) is 12.3 Å². The summed E-state index contributed by atoms with van der Waals surface area (Å²) in [6.45, 7) is 4.62. The van der Waals surface area contributed by atoms with Gasteiger partial charge in [0.1, 0.15) is 5.82 Å².